The predicted octanol–water partition coefficient (Wildman–Crippen LogP) is 2.87. The van der Waals surface area contributed by atoms with E-state index < -0.39 is 5.97 Å². The Balaban J connectivity index is 2.70. The molecule has 1 amide bonds. The van der Waals surface area contributed by atoms with Crippen LogP contribution in [-0.2, 0) is 9.59 Å². The van der Waals surface area contributed by atoms with Gasteiger partial charge in [-0.3, -0.25) is 9.59 Å². The van der Waals surface area contributed by atoms with E-state index in [1.807, 2.05) is 0 Å². The molecule has 0 heterocycles. The van der Waals surface area contributed by atoms with Crippen molar-refractivity contribution >= 4 is 56.9 Å². The summed E-state index contributed by atoms with van der Waals surface area (Å²) in [4.78, 5) is 22.0. The number of rotatable bonds is 6. The average molecular weight is 369 g/mol. The minimum Gasteiger partial charge on any atom is -0.493 e. The molecule has 19 heavy (non-hydrogen) atoms. The van der Waals surface area contributed by atoms with Gasteiger partial charge in [-0.25, -0.2) is 0 Å². The van der Waals surface area contributed by atoms with Crippen molar-refractivity contribution in [3.63, 3.8) is 0 Å². The molecule has 0 saturated carbocycles. The molecule has 5 nitrogen and oxygen atoms in total. The zero-order valence-electron chi connectivity index (χ0n) is 9.91. The Kier molecular flexibility index (Phi) is 6.47. The number of methoxy groups -OCH3 is 1. The van der Waals surface area contributed by atoms with Crippen LogP contribution >= 0.6 is 39.3 Å². The predicted molar refractivity (Wildman–Crippen MR) is 79.3 cm³/mol. The molecule has 104 valence electrons. The Labute approximate surface area is 127 Å². The molecule has 8 heteroatoms. The van der Waals surface area contributed by atoms with Crippen LogP contribution in [0.4, 0.5) is 5.69 Å². The van der Waals surface area contributed by atoms with Crippen LogP contribution in [-0.4, -0.2) is 35.6 Å². The number of hydrogen-bond donors (Lipinski definition) is 2. The van der Waals surface area contributed by atoms with E-state index in [0.717, 1.165) is 11.8 Å². The third-order valence-corrected chi connectivity index (χ3v) is 3.67. The number of halogens is 2. The molecule has 0 radical (unpaired) electrons. The van der Waals surface area contributed by atoms with Crippen molar-refractivity contribution in [1.82, 2.24) is 0 Å². The van der Waals surface area contributed by atoms with Crippen molar-refractivity contribution < 1.29 is 19.4 Å². The summed E-state index contributed by atoms with van der Waals surface area (Å²) >= 11 is 10.2. The number of carboxylic acid groups (broad SMARTS) is 1. The molecule has 0 saturated heterocycles. The van der Waals surface area contributed by atoms with Gasteiger partial charge in [-0.05, 0) is 28.1 Å². The van der Waals surface area contributed by atoms with Gasteiger partial charge in [-0.15, -0.1) is 11.8 Å². The molecule has 0 aliphatic rings. The highest BCUT2D eigenvalue weighted by atomic mass is 79.9. The van der Waals surface area contributed by atoms with E-state index in [4.69, 9.17) is 21.4 Å². The molecule has 1 aromatic carbocycles. The summed E-state index contributed by atoms with van der Waals surface area (Å²) in [5, 5.41) is 11.5. The Bertz CT molecular complexity index is 498. The fourth-order valence-corrected chi connectivity index (χ4v) is 2.78. The van der Waals surface area contributed by atoms with E-state index in [2.05, 4.69) is 21.2 Å². The second kappa shape index (κ2) is 7.62. The van der Waals surface area contributed by atoms with Crippen molar-refractivity contribution in [1.29, 1.82) is 0 Å². The van der Waals surface area contributed by atoms with Crippen LogP contribution in [0.3, 0.4) is 0 Å². The van der Waals surface area contributed by atoms with Gasteiger partial charge in [0.25, 0.3) is 0 Å². The summed E-state index contributed by atoms with van der Waals surface area (Å²) in [5.41, 5.74) is 0.433. The van der Waals surface area contributed by atoms with Crippen LogP contribution in [0.2, 0.25) is 5.02 Å². The van der Waals surface area contributed by atoms with Crippen LogP contribution < -0.4 is 10.1 Å². The summed E-state index contributed by atoms with van der Waals surface area (Å²) in [5.74, 6) is -0.899. The second-order valence-electron chi connectivity index (χ2n) is 3.40. The standard InChI is InChI=1S/C11H11BrClNO4S/c1-18-11-7(12)2-6(13)3-8(11)14-9(15)4-19-5-10(16)17/h2-3H,4-5H2,1H3,(H,14,15)(H,16,17). The average Bonchev–Trinajstić information content (AvgIpc) is 2.27. The van der Waals surface area contributed by atoms with Gasteiger partial charge < -0.3 is 15.2 Å². The minimum absolute atomic E-state index is 0.0413. The molecule has 0 fully saturated rings. The minimum atomic E-state index is -0.958. The number of nitrogens with one attached hydrogen (secondary N) is 1. The van der Waals surface area contributed by atoms with E-state index >= 15 is 0 Å². The quantitative estimate of drug-likeness (QED) is 0.807. The van der Waals surface area contributed by atoms with Crippen molar-refractivity contribution in [3.8, 4) is 5.75 Å². The van der Waals surface area contributed by atoms with Crippen molar-refractivity contribution in [3.05, 3.63) is 21.6 Å². The van der Waals surface area contributed by atoms with Crippen LogP contribution in [0.5, 0.6) is 5.75 Å². The van der Waals surface area contributed by atoms with Gasteiger partial charge in [0.15, 0.2) is 5.75 Å². The van der Waals surface area contributed by atoms with E-state index in [9.17, 15) is 9.59 Å². The van der Waals surface area contributed by atoms with Crippen molar-refractivity contribution in [2.45, 2.75) is 0 Å². The van der Waals surface area contributed by atoms with Gasteiger partial charge in [0.05, 0.1) is 28.8 Å². The van der Waals surface area contributed by atoms with Crippen LogP contribution in [0, 0.1) is 0 Å². The first-order valence-corrected chi connectivity index (χ1v) is 7.39. The van der Waals surface area contributed by atoms with E-state index in [0.29, 0.717) is 20.9 Å². The van der Waals surface area contributed by atoms with Crippen molar-refractivity contribution in [2.24, 2.45) is 0 Å². The highest BCUT2D eigenvalue weighted by Gasteiger charge is 2.12. The van der Waals surface area contributed by atoms with Gasteiger partial charge >= 0.3 is 5.97 Å². The monoisotopic (exact) mass is 367 g/mol. The Morgan fingerprint density at radius 2 is 2.16 bits per heavy atom. The molecular weight excluding hydrogens is 358 g/mol. The number of benzene rings is 1. The lowest BCUT2D eigenvalue weighted by molar-refractivity contribution is -0.133. The normalized spacial score (nSPS) is 10.1. The van der Waals surface area contributed by atoms with Gasteiger partial charge in [-0.1, -0.05) is 11.6 Å². The summed E-state index contributed by atoms with van der Waals surface area (Å²) in [6.45, 7) is 0. The molecule has 1 rings (SSSR count). The highest BCUT2D eigenvalue weighted by molar-refractivity contribution is 9.10. The SMILES string of the molecule is COc1c(Br)cc(Cl)cc1NC(=O)CSCC(=O)O. The molecule has 0 bridgehead atoms. The number of carbonyl (C=O) groups is 2. The number of ether oxygens (including phenoxy) is 1. The first-order valence-electron chi connectivity index (χ1n) is 5.06. The number of anilines is 1. The summed E-state index contributed by atoms with van der Waals surface area (Å²) < 4.78 is 5.77. The largest absolute Gasteiger partial charge is 0.493 e. The van der Waals surface area contributed by atoms with E-state index in [1.54, 1.807) is 12.1 Å². The first-order chi connectivity index (χ1) is 8.93. The van der Waals surface area contributed by atoms with Gasteiger partial charge in [-0.2, -0.15) is 0 Å². The number of amides is 1. The molecule has 0 unspecified atom stereocenters. The zero-order chi connectivity index (χ0) is 14.4. The Morgan fingerprint density at radius 1 is 1.47 bits per heavy atom. The lowest BCUT2D eigenvalue weighted by Gasteiger charge is -2.12. The highest BCUT2D eigenvalue weighted by Crippen LogP contribution is 2.36. The number of thioether (sulfide) groups is 1. The topological polar surface area (TPSA) is 75.6 Å². The maximum Gasteiger partial charge on any atom is 0.313 e. The maximum atomic E-state index is 11.6. The fourth-order valence-electron chi connectivity index (χ4n) is 1.28. The van der Waals surface area contributed by atoms with Crippen LogP contribution in [0.25, 0.3) is 0 Å². The Morgan fingerprint density at radius 3 is 2.74 bits per heavy atom. The molecule has 2 N–H and O–H groups in total. The number of carbonyl (C=O) groups excluding carboxylic acids is 1. The molecule has 0 aliphatic carbocycles. The number of aliphatic carboxylic acids is 1. The van der Waals surface area contributed by atoms with Gasteiger partial charge in [0.1, 0.15) is 0 Å². The fraction of sp³-hybridized carbons (Fsp3) is 0.273. The molecule has 0 atom stereocenters. The van der Waals surface area contributed by atoms with Gasteiger partial charge in [0, 0.05) is 5.02 Å². The lowest BCUT2D eigenvalue weighted by Crippen LogP contribution is -2.16. The smallest absolute Gasteiger partial charge is 0.313 e. The number of carboxylic acids is 1. The lowest BCUT2D eigenvalue weighted by atomic mass is 10.3. The van der Waals surface area contributed by atoms with E-state index in [1.165, 1.54) is 7.11 Å². The second-order valence-corrected chi connectivity index (χ2v) is 5.68. The third-order valence-electron chi connectivity index (χ3n) is 1.95. The van der Waals surface area contributed by atoms with Crippen LogP contribution in [0.1, 0.15) is 0 Å². The first kappa shape index (κ1) is 16.1. The van der Waals surface area contributed by atoms with Crippen molar-refractivity contribution in [2.75, 3.05) is 23.9 Å². The third kappa shape index (κ3) is 5.30. The van der Waals surface area contributed by atoms with Gasteiger partial charge in [0.2, 0.25) is 5.91 Å². The molecule has 0 aliphatic heterocycles. The summed E-state index contributed by atoms with van der Waals surface area (Å²) in [6, 6.07) is 3.21. The molecule has 0 spiro atoms. The zero-order valence-corrected chi connectivity index (χ0v) is 13.1. The Hall–Kier alpha value is -0.920. The molecular formula is C11H11BrClNO4S. The number of hydrogen-bond acceptors (Lipinski definition) is 4. The van der Waals surface area contributed by atoms with E-state index in [-0.39, 0.29) is 17.4 Å². The molecule has 0 aromatic heterocycles. The maximum absolute atomic E-state index is 11.6. The van der Waals surface area contributed by atoms with Crippen LogP contribution in [0.15, 0.2) is 16.6 Å². The molecule has 1 aromatic rings. The summed E-state index contributed by atoms with van der Waals surface area (Å²) in [6.07, 6.45) is 0. The summed E-state index contributed by atoms with van der Waals surface area (Å²) in [7, 11) is 1.48.